The van der Waals surface area contributed by atoms with E-state index in [2.05, 4.69) is 26.9 Å². The Hall–Kier alpha value is -0.580. The molecule has 0 N–H and O–H groups in total. The molecule has 1 fully saturated rings. The summed E-state index contributed by atoms with van der Waals surface area (Å²) < 4.78 is 1.04. The lowest BCUT2D eigenvalue weighted by atomic mass is 9.94. The Bertz CT molecular complexity index is 519. The first-order valence-corrected chi connectivity index (χ1v) is 8.40. The van der Waals surface area contributed by atoms with Crippen LogP contribution in [-0.2, 0) is 11.3 Å². The maximum Gasteiger partial charge on any atom is 0.228 e. The minimum absolute atomic E-state index is 0.239. The molecular weight excluding hydrogens is 352 g/mol. The summed E-state index contributed by atoms with van der Waals surface area (Å²) in [6.07, 6.45) is 0. The van der Waals surface area contributed by atoms with Crippen LogP contribution in [0.3, 0.4) is 0 Å². The largest absolute Gasteiger partial charge is 0.340 e. The Morgan fingerprint density at radius 2 is 1.86 bits per heavy atom. The molecule has 1 aliphatic rings. The average molecular weight is 374 g/mol. The lowest BCUT2D eigenvalue weighted by molar-refractivity contribution is -0.141. The van der Waals surface area contributed by atoms with Gasteiger partial charge in [-0.1, -0.05) is 48.3 Å². The van der Waals surface area contributed by atoms with Crippen LogP contribution < -0.4 is 0 Å². The summed E-state index contributed by atoms with van der Waals surface area (Å²) in [5.74, 6) is 0.239. The molecule has 116 valence electrons. The summed E-state index contributed by atoms with van der Waals surface area (Å²) in [6.45, 7) is 10.1. The SMILES string of the molecule is CC(C)(C)C(=O)N1CCN(Cc2cc(Br)ccc2Cl)CC1. The zero-order valence-corrected chi connectivity index (χ0v) is 15.2. The van der Waals surface area contributed by atoms with E-state index < -0.39 is 0 Å². The van der Waals surface area contributed by atoms with Crippen LogP contribution in [0.5, 0.6) is 0 Å². The average Bonchev–Trinajstić information content (AvgIpc) is 2.42. The number of carbonyl (C=O) groups excluding carboxylic acids is 1. The summed E-state index contributed by atoms with van der Waals surface area (Å²) in [6, 6.07) is 5.93. The van der Waals surface area contributed by atoms with Gasteiger partial charge < -0.3 is 4.90 Å². The molecule has 1 aliphatic heterocycles. The third kappa shape index (κ3) is 4.44. The molecule has 1 aromatic carbocycles. The van der Waals surface area contributed by atoms with Gasteiger partial charge in [0.25, 0.3) is 0 Å². The van der Waals surface area contributed by atoms with Gasteiger partial charge in [0.1, 0.15) is 0 Å². The Morgan fingerprint density at radius 3 is 2.43 bits per heavy atom. The van der Waals surface area contributed by atoms with E-state index in [9.17, 15) is 4.79 Å². The second-order valence-electron chi connectivity index (χ2n) is 6.55. The zero-order chi connectivity index (χ0) is 15.6. The van der Waals surface area contributed by atoms with Crippen LogP contribution in [0, 0.1) is 5.41 Å². The van der Waals surface area contributed by atoms with Crippen LogP contribution in [0.1, 0.15) is 26.3 Å². The molecule has 0 spiro atoms. The highest BCUT2D eigenvalue weighted by molar-refractivity contribution is 9.10. The van der Waals surface area contributed by atoms with Gasteiger partial charge in [-0.05, 0) is 23.8 Å². The molecule has 3 nitrogen and oxygen atoms in total. The molecule has 2 rings (SSSR count). The number of piperazine rings is 1. The molecule has 0 atom stereocenters. The fraction of sp³-hybridized carbons (Fsp3) is 0.562. The van der Waals surface area contributed by atoms with E-state index in [1.807, 2.05) is 37.8 Å². The van der Waals surface area contributed by atoms with Crippen molar-refractivity contribution in [2.45, 2.75) is 27.3 Å². The van der Waals surface area contributed by atoms with Gasteiger partial charge in [-0.3, -0.25) is 9.69 Å². The van der Waals surface area contributed by atoms with Gasteiger partial charge in [0.15, 0.2) is 0 Å². The van der Waals surface area contributed by atoms with Crippen molar-refractivity contribution in [2.75, 3.05) is 26.2 Å². The first-order chi connectivity index (χ1) is 9.77. The number of rotatable bonds is 2. The van der Waals surface area contributed by atoms with Crippen LogP contribution in [0.2, 0.25) is 5.02 Å². The van der Waals surface area contributed by atoms with Crippen LogP contribution >= 0.6 is 27.5 Å². The predicted octanol–water partition coefficient (Wildman–Crippen LogP) is 3.79. The van der Waals surface area contributed by atoms with Gasteiger partial charge >= 0.3 is 0 Å². The maximum absolute atomic E-state index is 12.3. The molecule has 5 heteroatoms. The van der Waals surface area contributed by atoms with Crippen molar-refractivity contribution >= 4 is 33.4 Å². The summed E-state index contributed by atoms with van der Waals surface area (Å²) in [5, 5.41) is 0.798. The molecular formula is C16H22BrClN2O. The van der Waals surface area contributed by atoms with Crippen LogP contribution in [0.15, 0.2) is 22.7 Å². The fourth-order valence-electron chi connectivity index (χ4n) is 2.49. The highest BCUT2D eigenvalue weighted by Crippen LogP contribution is 2.24. The van der Waals surface area contributed by atoms with Gasteiger partial charge in [-0.2, -0.15) is 0 Å². The summed E-state index contributed by atoms with van der Waals surface area (Å²) in [4.78, 5) is 16.6. The van der Waals surface area contributed by atoms with Crippen LogP contribution in [0.25, 0.3) is 0 Å². The third-order valence-electron chi connectivity index (χ3n) is 3.70. The van der Waals surface area contributed by atoms with Crippen LogP contribution in [0.4, 0.5) is 0 Å². The molecule has 0 aliphatic carbocycles. The molecule has 1 saturated heterocycles. The van der Waals surface area contributed by atoms with Gasteiger partial charge in [0.2, 0.25) is 5.91 Å². The van der Waals surface area contributed by atoms with Crippen molar-refractivity contribution in [1.82, 2.24) is 9.80 Å². The standard InChI is InChI=1S/C16H22BrClN2O/c1-16(2,3)15(21)20-8-6-19(7-9-20)11-12-10-13(17)4-5-14(12)18/h4-5,10H,6-9,11H2,1-3H3. The Kier molecular flexibility index (Phi) is 5.33. The van der Waals surface area contributed by atoms with Crippen molar-refractivity contribution < 1.29 is 4.79 Å². The van der Waals surface area contributed by atoms with Crippen molar-refractivity contribution in [3.8, 4) is 0 Å². The summed E-state index contributed by atoms with van der Waals surface area (Å²) in [7, 11) is 0. The van der Waals surface area contributed by atoms with Gasteiger partial charge in [0, 0.05) is 47.6 Å². The number of benzene rings is 1. The number of amides is 1. The molecule has 0 saturated carbocycles. The molecule has 1 aromatic rings. The molecule has 1 amide bonds. The van der Waals surface area contributed by atoms with Gasteiger partial charge in [0.05, 0.1) is 0 Å². The number of hydrogen-bond donors (Lipinski definition) is 0. The van der Waals surface area contributed by atoms with E-state index in [4.69, 9.17) is 11.6 Å². The first kappa shape index (κ1) is 16.8. The van der Waals surface area contributed by atoms with E-state index in [0.29, 0.717) is 0 Å². The van der Waals surface area contributed by atoms with E-state index >= 15 is 0 Å². The molecule has 0 unspecified atom stereocenters. The monoisotopic (exact) mass is 372 g/mol. The minimum atomic E-state index is -0.296. The third-order valence-corrected chi connectivity index (χ3v) is 4.56. The smallest absolute Gasteiger partial charge is 0.228 e. The van der Waals surface area contributed by atoms with E-state index in [1.165, 1.54) is 0 Å². The number of nitrogens with zero attached hydrogens (tertiary/aromatic N) is 2. The van der Waals surface area contributed by atoms with E-state index in [0.717, 1.165) is 47.8 Å². The fourth-order valence-corrected chi connectivity index (χ4v) is 3.07. The Labute approximate surface area is 140 Å². The lowest BCUT2D eigenvalue weighted by Gasteiger charge is -2.37. The molecule has 1 heterocycles. The van der Waals surface area contributed by atoms with Crippen molar-refractivity contribution in [3.05, 3.63) is 33.3 Å². The first-order valence-electron chi connectivity index (χ1n) is 7.23. The molecule has 21 heavy (non-hydrogen) atoms. The lowest BCUT2D eigenvalue weighted by Crippen LogP contribution is -2.51. The molecule has 0 bridgehead atoms. The normalized spacial score (nSPS) is 17.1. The van der Waals surface area contributed by atoms with Crippen LogP contribution in [-0.4, -0.2) is 41.9 Å². The molecule has 0 radical (unpaired) electrons. The van der Waals surface area contributed by atoms with Gasteiger partial charge in [-0.15, -0.1) is 0 Å². The maximum atomic E-state index is 12.3. The number of carbonyl (C=O) groups is 1. The Morgan fingerprint density at radius 1 is 1.24 bits per heavy atom. The van der Waals surface area contributed by atoms with Crippen molar-refractivity contribution in [2.24, 2.45) is 5.41 Å². The number of hydrogen-bond acceptors (Lipinski definition) is 2. The molecule has 0 aromatic heterocycles. The second kappa shape index (κ2) is 6.67. The number of halogens is 2. The minimum Gasteiger partial charge on any atom is -0.340 e. The summed E-state index contributed by atoms with van der Waals surface area (Å²) >= 11 is 9.72. The highest BCUT2D eigenvalue weighted by Gasteiger charge is 2.29. The topological polar surface area (TPSA) is 23.6 Å². The highest BCUT2D eigenvalue weighted by atomic mass is 79.9. The van der Waals surface area contributed by atoms with Gasteiger partial charge in [-0.25, -0.2) is 0 Å². The predicted molar refractivity (Wildman–Crippen MR) is 90.5 cm³/mol. The zero-order valence-electron chi connectivity index (χ0n) is 12.8. The van der Waals surface area contributed by atoms with Crippen molar-refractivity contribution in [1.29, 1.82) is 0 Å². The quantitative estimate of drug-likeness (QED) is 0.787. The van der Waals surface area contributed by atoms with E-state index in [-0.39, 0.29) is 11.3 Å². The van der Waals surface area contributed by atoms with Crippen molar-refractivity contribution in [3.63, 3.8) is 0 Å². The van der Waals surface area contributed by atoms with E-state index in [1.54, 1.807) is 0 Å². The Balaban J connectivity index is 1.93. The second-order valence-corrected chi connectivity index (χ2v) is 7.88. The summed E-state index contributed by atoms with van der Waals surface area (Å²) in [5.41, 5.74) is 0.831.